The molecule has 0 amide bonds. The lowest BCUT2D eigenvalue weighted by Crippen LogP contribution is -2.04. The molecule has 0 saturated carbocycles. The minimum absolute atomic E-state index is 0. The fourth-order valence-corrected chi connectivity index (χ4v) is 0.459. The number of oxazole rings is 1. The Kier molecular flexibility index (Phi) is 3.27. The number of hydrogen-bond acceptors (Lipinski definition) is 3. The van der Waals surface area contributed by atoms with Crippen LogP contribution in [0.25, 0.3) is 0 Å². The van der Waals surface area contributed by atoms with E-state index in [0.29, 0.717) is 5.89 Å². The first-order chi connectivity index (χ1) is 3.80. The second-order valence-corrected chi connectivity index (χ2v) is 1.66. The molecule has 0 aliphatic heterocycles. The summed E-state index contributed by atoms with van der Waals surface area (Å²) in [5.41, 5.74) is 5.40. The smallest absolute Gasteiger partial charge is 0.210 e. The summed E-state index contributed by atoms with van der Waals surface area (Å²) in [6.45, 7) is 1.83. The molecule has 0 fully saturated rings. The van der Waals surface area contributed by atoms with Crippen molar-refractivity contribution in [1.82, 2.24) is 4.98 Å². The van der Waals surface area contributed by atoms with Gasteiger partial charge in [0.05, 0.1) is 12.2 Å². The van der Waals surface area contributed by atoms with E-state index >= 15 is 0 Å². The summed E-state index contributed by atoms with van der Waals surface area (Å²) < 4.78 is 4.86. The molecule has 9 heavy (non-hydrogen) atoms. The number of nitrogens with two attached hydrogens (primary N) is 1. The zero-order chi connectivity index (χ0) is 5.98. The Morgan fingerprint density at radius 3 is 2.67 bits per heavy atom. The molecule has 0 radical (unpaired) electrons. The molecule has 2 N–H and O–H groups in total. The molecule has 0 saturated heterocycles. The average molecular weight is 149 g/mol. The largest absolute Gasteiger partial charge is 0.447 e. The van der Waals surface area contributed by atoms with Crippen LogP contribution in [0, 0.1) is 0 Å². The second-order valence-electron chi connectivity index (χ2n) is 1.66. The molecule has 0 unspecified atom stereocenters. The third-order valence-corrected chi connectivity index (χ3v) is 0.841. The van der Waals surface area contributed by atoms with E-state index in [9.17, 15) is 0 Å². The first-order valence-electron chi connectivity index (χ1n) is 2.45. The first kappa shape index (κ1) is 8.46. The summed E-state index contributed by atoms with van der Waals surface area (Å²) in [6, 6.07) is -0.0926. The van der Waals surface area contributed by atoms with E-state index in [4.69, 9.17) is 10.2 Å². The van der Waals surface area contributed by atoms with E-state index in [1.807, 2.05) is 6.92 Å². The predicted octanol–water partition coefficient (Wildman–Crippen LogP) is 1.12. The van der Waals surface area contributed by atoms with Crippen LogP contribution in [0.2, 0.25) is 0 Å². The molecular formula is C5H9ClN2O. The Balaban J connectivity index is 0.000000640. The van der Waals surface area contributed by atoms with Gasteiger partial charge in [-0.05, 0) is 6.92 Å². The van der Waals surface area contributed by atoms with Crippen LogP contribution in [0.1, 0.15) is 18.9 Å². The van der Waals surface area contributed by atoms with Gasteiger partial charge in [-0.2, -0.15) is 0 Å². The molecule has 1 atom stereocenters. The number of nitrogens with zero attached hydrogens (tertiary/aromatic N) is 1. The Bertz CT molecular complexity index is 150. The number of hydrogen-bond donors (Lipinski definition) is 1. The van der Waals surface area contributed by atoms with Crippen molar-refractivity contribution < 1.29 is 4.42 Å². The van der Waals surface area contributed by atoms with Crippen LogP contribution in [-0.4, -0.2) is 4.98 Å². The van der Waals surface area contributed by atoms with Crippen LogP contribution >= 0.6 is 12.4 Å². The lowest BCUT2D eigenvalue weighted by Gasteiger charge is -1.93. The lowest BCUT2D eigenvalue weighted by atomic mass is 10.4. The van der Waals surface area contributed by atoms with E-state index in [1.54, 1.807) is 6.20 Å². The van der Waals surface area contributed by atoms with E-state index < -0.39 is 0 Å². The average Bonchev–Trinajstić information content (AvgIpc) is 2.12. The number of aromatic nitrogens is 1. The molecule has 0 aliphatic carbocycles. The molecule has 4 heteroatoms. The van der Waals surface area contributed by atoms with Gasteiger partial charge in [0.2, 0.25) is 5.89 Å². The molecular weight excluding hydrogens is 140 g/mol. The van der Waals surface area contributed by atoms with Gasteiger partial charge in [-0.3, -0.25) is 0 Å². The Morgan fingerprint density at radius 1 is 1.78 bits per heavy atom. The highest BCUT2D eigenvalue weighted by Crippen LogP contribution is 2.03. The number of halogens is 1. The van der Waals surface area contributed by atoms with E-state index in [2.05, 4.69) is 4.98 Å². The van der Waals surface area contributed by atoms with Gasteiger partial charge in [0.25, 0.3) is 0 Å². The second kappa shape index (κ2) is 3.48. The van der Waals surface area contributed by atoms with Gasteiger partial charge in [-0.15, -0.1) is 12.4 Å². The Hall–Kier alpha value is -0.540. The van der Waals surface area contributed by atoms with Crippen molar-refractivity contribution in [2.45, 2.75) is 13.0 Å². The topological polar surface area (TPSA) is 52.0 Å². The van der Waals surface area contributed by atoms with Crippen molar-refractivity contribution in [2.24, 2.45) is 5.73 Å². The molecule has 0 aromatic carbocycles. The standard InChI is InChI=1S/C5H8N2O.ClH/c1-4(6)5-7-2-3-8-5;/h2-4H,6H2,1H3;1H/t4-;/m0./s1. The maximum absolute atomic E-state index is 5.40. The Labute approximate surface area is 59.7 Å². The molecule has 1 rings (SSSR count). The van der Waals surface area contributed by atoms with Crippen LogP contribution in [0.3, 0.4) is 0 Å². The van der Waals surface area contributed by atoms with Gasteiger partial charge in [-0.25, -0.2) is 4.98 Å². The van der Waals surface area contributed by atoms with Crippen LogP contribution in [-0.2, 0) is 0 Å². The molecule has 52 valence electrons. The zero-order valence-corrected chi connectivity index (χ0v) is 5.89. The highest BCUT2D eigenvalue weighted by atomic mass is 35.5. The van der Waals surface area contributed by atoms with Gasteiger partial charge in [0.1, 0.15) is 6.26 Å². The molecule has 1 heterocycles. The van der Waals surface area contributed by atoms with Crippen LogP contribution < -0.4 is 5.73 Å². The predicted molar refractivity (Wildman–Crippen MR) is 36.4 cm³/mol. The van der Waals surface area contributed by atoms with Crippen molar-refractivity contribution in [3.05, 3.63) is 18.4 Å². The highest BCUT2D eigenvalue weighted by molar-refractivity contribution is 5.85. The van der Waals surface area contributed by atoms with Crippen molar-refractivity contribution in [3.63, 3.8) is 0 Å². The summed E-state index contributed by atoms with van der Waals surface area (Å²) >= 11 is 0. The minimum atomic E-state index is -0.0926. The van der Waals surface area contributed by atoms with Gasteiger partial charge in [0, 0.05) is 0 Å². The minimum Gasteiger partial charge on any atom is -0.447 e. The Morgan fingerprint density at radius 2 is 2.44 bits per heavy atom. The molecule has 0 spiro atoms. The fourth-order valence-electron chi connectivity index (χ4n) is 0.459. The summed E-state index contributed by atoms with van der Waals surface area (Å²) in [5.74, 6) is 0.588. The molecule has 1 aromatic rings. The molecule has 3 nitrogen and oxygen atoms in total. The van der Waals surface area contributed by atoms with Crippen LogP contribution in [0.4, 0.5) is 0 Å². The summed E-state index contributed by atoms with van der Waals surface area (Å²) in [6.07, 6.45) is 3.09. The van der Waals surface area contributed by atoms with E-state index in [-0.39, 0.29) is 18.4 Å². The number of rotatable bonds is 1. The van der Waals surface area contributed by atoms with E-state index in [1.165, 1.54) is 6.26 Å². The third-order valence-electron chi connectivity index (χ3n) is 0.841. The van der Waals surface area contributed by atoms with Gasteiger partial charge >= 0.3 is 0 Å². The quantitative estimate of drug-likeness (QED) is 0.649. The third kappa shape index (κ3) is 2.03. The van der Waals surface area contributed by atoms with Crippen LogP contribution in [0.5, 0.6) is 0 Å². The maximum Gasteiger partial charge on any atom is 0.210 e. The molecule has 1 aromatic heterocycles. The van der Waals surface area contributed by atoms with Gasteiger partial charge in [-0.1, -0.05) is 0 Å². The monoisotopic (exact) mass is 148 g/mol. The first-order valence-corrected chi connectivity index (χ1v) is 2.45. The van der Waals surface area contributed by atoms with Crippen molar-refractivity contribution in [1.29, 1.82) is 0 Å². The fraction of sp³-hybridized carbons (Fsp3) is 0.400. The van der Waals surface area contributed by atoms with Crippen molar-refractivity contribution in [3.8, 4) is 0 Å². The van der Waals surface area contributed by atoms with Crippen LogP contribution in [0.15, 0.2) is 16.9 Å². The van der Waals surface area contributed by atoms with Crippen molar-refractivity contribution >= 4 is 12.4 Å². The molecule has 0 bridgehead atoms. The lowest BCUT2D eigenvalue weighted by molar-refractivity contribution is 0.463. The zero-order valence-electron chi connectivity index (χ0n) is 5.07. The highest BCUT2D eigenvalue weighted by Gasteiger charge is 2.00. The summed E-state index contributed by atoms with van der Waals surface area (Å²) in [5, 5.41) is 0. The van der Waals surface area contributed by atoms with E-state index in [0.717, 1.165) is 0 Å². The SMILES string of the molecule is C[C@H](N)c1ncco1.Cl. The molecule has 0 aliphatic rings. The van der Waals surface area contributed by atoms with Crippen molar-refractivity contribution in [2.75, 3.05) is 0 Å². The summed E-state index contributed by atoms with van der Waals surface area (Å²) in [7, 11) is 0. The summed E-state index contributed by atoms with van der Waals surface area (Å²) in [4.78, 5) is 3.82. The normalized spacial score (nSPS) is 12.2. The maximum atomic E-state index is 5.40. The van der Waals surface area contributed by atoms with Gasteiger partial charge in [0.15, 0.2) is 0 Å². The van der Waals surface area contributed by atoms with Gasteiger partial charge < -0.3 is 10.2 Å².